The predicted molar refractivity (Wildman–Crippen MR) is 72.6 cm³/mol. The van der Waals surface area contributed by atoms with Gasteiger partial charge in [0.15, 0.2) is 0 Å². The van der Waals surface area contributed by atoms with Gasteiger partial charge in [-0.2, -0.15) is 0 Å². The molecule has 1 aliphatic heterocycles. The molecule has 96 valence electrons. The lowest BCUT2D eigenvalue weighted by atomic mass is 9.61. The molecule has 1 amide bonds. The Morgan fingerprint density at radius 3 is 2.65 bits per heavy atom. The van der Waals surface area contributed by atoms with Gasteiger partial charge in [0.25, 0.3) is 0 Å². The van der Waals surface area contributed by atoms with Crippen LogP contribution in [0, 0.1) is 11.3 Å². The number of thiocarbonyl (C=S) groups is 1. The molecule has 0 aromatic carbocycles. The normalized spacial score (nSPS) is 36.7. The van der Waals surface area contributed by atoms with Crippen molar-refractivity contribution in [2.75, 3.05) is 6.54 Å². The van der Waals surface area contributed by atoms with E-state index in [4.69, 9.17) is 18.0 Å². The van der Waals surface area contributed by atoms with Crippen molar-refractivity contribution >= 4 is 23.1 Å². The number of nitrogens with two attached hydrogens (primary N) is 1. The van der Waals surface area contributed by atoms with Crippen LogP contribution < -0.4 is 5.73 Å². The molecular formula is C13H22N2OS. The molecule has 1 saturated carbocycles. The molecule has 2 N–H and O–H groups in total. The van der Waals surface area contributed by atoms with Crippen molar-refractivity contribution in [1.82, 2.24) is 4.90 Å². The molecule has 0 spiro atoms. The van der Waals surface area contributed by atoms with Crippen molar-refractivity contribution in [3.8, 4) is 0 Å². The second kappa shape index (κ2) is 4.56. The van der Waals surface area contributed by atoms with Gasteiger partial charge in [-0.15, -0.1) is 0 Å². The summed E-state index contributed by atoms with van der Waals surface area (Å²) in [5.41, 5.74) is 5.33. The predicted octanol–water partition coefficient (Wildman–Crippen LogP) is 2.09. The van der Waals surface area contributed by atoms with Gasteiger partial charge in [0.05, 0.1) is 10.4 Å². The second-order valence-corrected chi connectivity index (χ2v) is 6.10. The molecule has 1 heterocycles. The maximum Gasteiger partial charge on any atom is 0.235 e. The van der Waals surface area contributed by atoms with Crippen LogP contribution in [0.5, 0.6) is 0 Å². The number of carbonyl (C=O) groups excluding carboxylic acids is 1. The van der Waals surface area contributed by atoms with Gasteiger partial charge < -0.3 is 10.6 Å². The minimum absolute atomic E-state index is 0.201. The van der Waals surface area contributed by atoms with Crippen LogP contribution in [0.4, 0.5) is 0 Å². The molecule has 17 heavy (non-hydrogen) atoms. The molecule has 3 nitrogen and oxygen atoms in total. The Balaban J connectivity index is 2.15. The van der Waals surface area contributed by atoms with E-state index < -0.39 is 5.41 Å². The van der Waals surface area contributed by atoms with Crippen molar-refractivity contribution in [3.05, 3.63) is 0 Å². The molecule has 0 radical (unpaired) electrons. The molecule has 0 aromatic rings. The van der Waals surface area contributed by atoms with Gasteiger partial charge in [0.1, 0.15) is 0 Å². The number of likely N-dealkylation sites (tertiary alicyclic amines) is 1. The Hall–Kier alpha value is -0.640. The smallest absolute Gasteiger partial charge is 0.235 e. The highest BCUT2D eigenvalue weighted by Crippen LogP contribution is 2.48. The van der Waals surface area contributed by atoms with E-state index in [1.807, 2.05) is 4.90 Å². The molecule has 1 unspecified atom stereocenters. The number of nitrogens with zero attached hydrogens (tertiary/aromatic N) is 1. The fourth-order valence-corrected chi connectivity index (χ4v) is 3.67. The SMILES string of the molecule is CCC1CCCN1C(=O)C1(C(N)=S)CC(C)C1. The van der Waals surface area contributed by atoms with Crippen molar-refractivity contribution < 1.29 is 4.79 Å². The van der Waals surface area contributed by atoms with Crippen LogP contribution in [0.3, 0.4) is 0 Å². The van der Waals surface area contributed by atoms with E-state index >= 15 is 0 Å². The summed E-state index contributed by atoms with van der Waals surface area (Å²) in [7, 11) is 0. The van der Waals surface area contributed by atoms with E-state index in [0.29, 0.717) is 16.9 Å². The van der Waals surface area contributed by atoms with E-state index in [9.17, 15) is 4.79 Å². The first-order chi connectivity index (χ1) is 8.01. The Kier molecular flexibility index (Phi) is 3.43. The molecule has 0 aromatic heterocycles. The summed E-state index contributed by atoms with van der Waals surface area (Å²) in [5, 5.41) is 0. The highest BCUT2D eigenvalue weighted by atomic mass is 32.1. The Labute approximate surface area is 109 Å². The summed E-state index contributed by atoms with van der Waals surface area (Å²) in [6, 6.07) is 0.407. The zero-order valence-electron chi connectivity index (χ0n) is 10.7. The van der Waals surface area contributed by atoms with Crippen LogP contribution in [0.1, 0.15) is 46.0 Å². The van der Waals surface area contributed by atoms with Gasteiger partial charge in [-0.25, -0.2) is 0 Å². The van der Waals surface area contributed by atoms with E-state index in [-0.39, 0.29) is 5.91 Å². The van der Waals surface area contributed by atoms with Gasteiger partial charge in [0.2, 0.25) is 5.91 Å². The first-order valence-electron chi connectivity index (χ1n) is 6.62. The van der Waals surface area contributed by atoms with E-state index in [1.54, 1.807) is 0 Å². The minimum atomic E-state index is -0.507. The Morgan fingerprint density at radius 2 is 2.18 bits per heavy atom. The fourth-order valence-electron chi connectivity index (χ4n) is 3.41. The van der Waals surface area contributed by atoms with Crippen LogP contribution in [-0.2, 0) is 4.79 Å². The molecule has 2 fully saturated rings. The third-order valence-corrected chi connectivity index (χ3v) is 4.77. The maximum absolute atomic E-state index is 12.7. The zero-order chi connectivity index (χ0) is 12.6. The van der Waals surface area contributed by atoms with Crippen LogP contribution in [0.25, 0.3) is 0 Å². The average molecular weight is 254 g/mol. The lowest BCUT2D eigenvalue weighted by molar-refractivity contribution is -0.145. The first kappa shape index (κ1) is 12.8. The standard InChI is InChI=1S/C13H22N2OS/c1-3-10-5-4-6-15(10)12(16)13(11(14)17)7-9(2)8-13/h9-10H,3-8H2,1-2H3,(H2,14,17). The van der Waals surface area contributed by atoms with Gasteiger partial charge >= 0.3 is 0 Å². The number of hydrogen-bond acceptors (Lipinski definition) is 2. The fraction of sp³-hybridized carbons (Fsp3) is 0.846. The monoisotopic (exact) mass is 254 g/mol. The molecule has 2 aliphatic rings. The van der Waals surface area contributed by atoms with Crippen LogP contribution >= 0.6 is 12.2 Å². The van der Waals surface area contributed by atoms with E-state index in [2.05, 4.69) is 13.8 Å². The Morgan fingerprint density at radius 1 is 1.53 bits per heavy atom. The lowest BCUT2D eigenvalue weighted by Crippen LogP contribution is -2.57. The molecule has 1 aliphatic carbocycles. The van der Waals surface area contributed by atoms with Crippen molar-refractivity contribution in [3.63, 3.8) is 0 Å². The van der Waals surface area contributed by atoms with Gasteiger partial charge in [0, 0.05) is 12.6 Å². The van der Waals surface area contributed by atoms with Gasteiger partial charge in [-0.3, -0.25) is 4.79 Å². The lowest BCUT2D eigenvalue weighted by Gasteiger charge is -2.47. The average Bonchev–Trinajstić information content (AvgIpc) is 2.70. The zero-order valence-corrected chi connectivity index (χ0v) is 11.6. The van der Waals surface area contributed by atoms with Crippen LogP contribution in [0.15, 0.2) is 0 Å². The molecule has 1 saturated heterocycles. The van der Waals surface area contributed by atoms with Crippen molar-refractivity contribution in [2.45, 2.75) is 52.0 Å². The third kappa shape index (κ3) is 1.96. The number of hydrogen-bond donors (Lipinski definition) is 1. The largest absolute Gasteiger partial charge is 0.392 e. The van der Waals surface area contributed by atoms with Crippen molar-refractivity contribution in [1.29, 1.82) is 0 Å². The minimum Gasteiger partial charge on any atom is -0.392 e. The first-order valence-corrected chi connectivity index (χ1v) is 7.03. The maximum atomic E-state index is 12.7. The van der Waals surface area contributed by atoms with Crippen molar-refractivity contribution in [2.24, 2.45) is 17.1 Å². The number of rotatable bonds is 3. The molecule has 0 bridgehead atoms. The number of carbonyl (C=O) groups is 1. The van der Waals surface area contributed by atoms with Gasteiger partial charge in [-0.1, -0.05) is 26.1 Å². The van der Waals surface area contributed by atoms with Crippen LogP contribution in [0.2, 0.25) is 0 Å². The highest BCUT2D eigenvalue weighted by molar-refractivity contribution is 7.80. The van der Waals surface area contributed by atoms with Gasteiger partial charge in [-0.05, 0) is 38.0 Å². The summed E-state index contributed by atoms with van der Waals surface area (Å²) < 4.78 is 0. The molecular weight excluding hydrogens is 232 g/mol. The highest BCUT2D eigenvalue weighted by Gasteiger charge is 2.53. The summed E-state index contributed by atoms with van der Waals surface area (Å²) in [4.78, 5) is 15.1. The second-order valence-electron chi connectivity index (χ2n) is 5.66. The molecule has 2 rings (SSSR count). The quantitative estimate of drug-likeness (QED) is 0.784. The molecule has 4 heteroatoms. The number of amides is 1. The summed E-state index contributed by atoms with van der Waals surface area (Å²) in [5.74, 6) is 0.774. The third-order valence-electron chi connectivity index (χ3n) is 4.38. The van der Waals surface area contributed by atoms with E-state index in [1.165, 1.54) is 0 Å². The summed E-state index contributed by atoms with van der Waals surface area (Å²) in [6.45, 7) is 5.19. The van der Waals surface area contributed by atoms with Crippen LogP contribution in [-0.4, -0.2) is 28.4 Å². The van der Waals surface area contributed by atoms with E-state index in [0.717, 1.165) is 38.6 Å². The summed E-state index contributed by atoms with van der Waals surface area (Å²) in [6.07, 6.45) is 4.97. The topological polar surface area (TPSA) is 46.3 Å². The Bertz CT molecular complexity index is 336. The summed E-state index contributed by atoms with van der Waals surface area (Å²) >= 11 is 5.15. The molecule has 1 atom stereocenters.